The van der Waals surface area contributed by atoms with Gasteiger partial charge >= 0.3 is 5.97 Å². The van der Waals surface area contributed by atoms with Crippen LogP contribution in [0.15, 0.2) is 35.2 Å². The van der Waals surface area contributed by atoms with Gasteiger partial charge in [-0.1, -0.05) is 30.1 Å². The van der Waals surface area contributed by atoms with E-state index in [-0.39, 0.29) is 12.3 Å². The largest absolute Gasteiger partial charge is 0.497 e. The minimum Gasteiger partial charge on any atom is -0.497 e. The summed E-state index contributed by atoms with van der Waals surface area (Å²) < 4.78 is 11.2. The normalized spacial score (nSPS) is 15.7. The number of thioether (sulfide) groups is 1. The zero-order valence-corrected chi connectivity index (χ0v) is 15.4. The molecule has 1 heterocycles. The molecule has 0 aromatic heterocycles. The van der Waals surface area contributed by atoms with Gasteiger partial charge in [0, 0.05) is 19.4 Å². The Balaban J connectivity index is 1.79. The molecule has 134 valence electrons. The van der Waals surface area contributed by atoms with Crippen molar-refractivity contribution in [2.24, 2.45) is 0 Å². The second kappa shape index (κ2) is 9.43. The Hall–Kier alpha value is -2.06. The fourth-order valence-corrected chi connectivity index (χ4v) is 3.47. The summed E-state index contributed by atoms with van der Waals surface area (Å²) >= 11 is 6.43. The van der Waals surface area contributed by atoms with E-state index >= 15 is 0 Å². The number of hydrogen-bond acceptors (Lipinski definition) is 6. The van der Waals surface area contributed by atoms with Gasteiger partial charge < -0.3 is 14.6 Å². The number of ether oxygens (including phenoxy) is 2. The number of benzene rings is 1. The van der Waals surface area contributed by atoms with Crippen LogP contribution < -0.4 is 9.47 Å². The molecule has 1 amide bonds. The summed E-state index contributed by atoms with van der Waals surface area (Å²) in [4.78, 5) is 24.9. The lowest BCUT2D eigenvalue weighted by Gasteiger charge is -2.13. The van der Waals surface area contributed by atoms with Gasteiger partial charge in [0.25, 0.3) is 5.91 Å². The summed E-state index contributed by atoms with van der Waals surface area (Å²) in [6.07, 6.45) is 2.78. The lowest BCUT2D eigenvalue weighted by molar-refractivity contribution is -0.137. The van der Waals surface area contributed by atoms with E-state index in [1.807, 2.05) is 24.3 Å². The van der Waals surface area contributed by atoms with E-state index in [0.29, 0.717) is 35.2 Å². The van der Waals surface area contributed by atoms with E-state index in [4.69, 9.17) is 26.8 Å². The molecule has 0 bridgehead atoms. The number of thiocarbonyl (C=S) groups is 1. The molecule has 1 fully saturated rings. The van der Waals surface area contributed by atoms with Crippen molar-refractivity contribution in [3.8, 4) is 11.5 Å². The van der Waals surface area contributed by atoms with E-state index in [2.05, 4.69) is 0 Å². The Morgan fingerprint density at radius 1 is 1.32 bits per heavy atom. The maximum absolute atomic E-state index is 12.3. The van der Waals surface area contributed by atoms with Crippen LogP contribution in [-0.4, -0.2) is 46.5 Å². The fourth-order valence-electron chi connectivity index (χ4n) is 2.16. The summed E-state index contributed by atoms with van der Waals surface area (Å²) in [5.41, 5.74) is 0. The second-order valence-corrected chi connectivity index (χ2v) is 6.88. The summed E-state index contributed by atoms with van der Waals surface area (Å²) in [6.45, 7) is 0.770. The van der Waals surface area contributed by atoms with E-state index in [1.165, 1.54) is 16.7 Å². The number of rotatable bonds is 9. The molecule has 1 aliphatic rings. The van der Waals surface area contributed by atoms with Crippen molar-refractivity contribution in [3.63, 3.8) is 0 Å². The highest BCUT2D eigenvalue weighted by Crippen LogP contribution is 2.31. The smallest absolute Gasteiger partial charge is 0.303 e. The van der Waals surface area contributed by atoms with Gasteiger partial charge in [0.2, 0.25) is 0 Å². The van der Waals surface area contributed by atoms with Crippen molar-refractivity contribution in [1.82, 2.24) is 4.90 Å². The Morgan fingerprint density at radius 3 is 2.64 bits per heavy atom. The first kappa shape index (κ1) is 19.3. The molecular weight excluding hydrogens is 362 g/mol. The highest BCUT2D eigenvalue weighted by atomic mass is 32.2. The Morgan fingerprint density at radius 2 is 2.00 bits per heavy atom. The number of aliphatic carboxylic acids is 1. The molecule has 0 aliphatic carbocycles. The van der Waals surface area contributed by atoms with Crippen LogP contribution in [0.25, 0.3) is 0 Å². The van der Waals surface area contributed by atoms with Gasteiger partial charge in [-0.15, -0.1) is 0 Å². The van der Waals surface area contributed by atoms with Gasteiger partial charge in [0.05, 0.1) is 18.6 Å². The van der Waals surface area contributed by atoms with E-state index in [0.717, 1.165) is 11.5 Å². The molecule has 0 saturated carbocycles. The van der Waals surface area contributed by atoms with Crippen LogP contribution >= 0.6 is 24.0 Å². The molecule has 1 aromatic rings. The molecule has 0 spiro atoms. The third-order valence-corrected chi connectivity index (χ3v) is 4.85. The summed E-state index contributed by atoms with van der Waals surface area (Å²) in [7, 11) is 1.60. The molecule has 8 heteroatoms. The monoisotopic (exact) mass is 381 g/mol. The summed E-state index contributed by atoms with van der Waals surface area (Å²) in [5, 5.41) is 8.66. The molecule has 25 heavy (non-hydrogen) atoms. The quantitative estimate of drug-likeness (QED) is 0.400. The van der Waals surface area contributed by atoms with Crippen LogP contribution in [0.5, 0.6) is 11.5 Å². The number of carbonyl (C=O) groups is 2. The number of nitrogens with zero attached hydrogens (tertiary/aromatic N) is 1. The molecule has 1 N–H and O–H groups in total. The zero-order valence-electron chi connectivity index (χ0n) is 13.8. The number of methoxy groups -OCH3 is 1. The van der Waals surface area contributed by atoms with Gasteiger partial charge in [-0.25, -0.2) is 0 Å². The average Bonchev–Trinajstić information content (AvgIpc) is 2.86. The predicted molar refractivity (Wildman–Crippen MR) is 100.0 cm³/mol. The number of amides is 1. The number of carboxylic acid groups (broad SMARTS) is 1. The number of carbonyl (C=O) groups excluding carboxylic acids is 1. The molecule has 0 unspecified atom stereocenters. The first-order chi connectivity index (χ1) is 12.0. The van der Waals surface area contributed by atoms with Crippen molar-refractivity contribution < 1.29 is 24.2 Å². The standard InChI is InChI=1S/C17H19NO5S2/c1-22-12-6-8-13(9-7-12)23-11-3-4-14-16(21)18(17(24)25-14)10-2-5-15(19)20/h4,6-9H,2-3,5,10-11H2,1H3,(H,19,20)/b14-4-. The predicted octanol–water partition coefficient (Wildman–Crippen LogP) is 3.07. The molecule has 1 saturated heterocycles. The maximum atomic E-state index is 12.3. The lowest BCUT2D eigenvalue weighted by Crippen LogP contribution is -2.29. The average molecular weight is 381 g/mol. The Labute approximate surface area is 155 Å². The van der Waals surface area contributed by atoms with Crippen molar-refractivity contribution in [1.29, 1.82) is 0 Å². The van der Waals surface area contributed by atoms with Gasteiger partial charge in [0.15, 0.2) is 0 Å². The molecule has 0 radical (unpaired) electrons. The van der Waals surface area contributed by atoms with Crippen LogP contribution in [-0.2, 0) is 9.59 Å². The van der Waals surface area contributed by atoms with Gasteiger partial charge in [-0.2, -0.15) is 0 Å². The van der Waals surface area contributed by atoms with Crippen LogP contribution in [0.4, 0.5) is 0 Å². The maximum Gasteiger partial charge on any atom is 0.303 e. The summed E-state index contributed by atoms with van der Waals surface area (Å²) in [6, 6.07) is 7.27. The molecule has 2 rings (SSSR count). The molecular formula is C17H19NO5S2. The lowest BCUT2D eigenvalue weighted by atomic mass is 10.3. The van der Waals surface area contributed by atoms with Crippen LogP contribution in [0.3, 0.4) is 0 Å². The van der Waals surface area contributed by atoms with Crippen LogP contribution in [0.2, 0.25) is 0 Å². The van der Waals surface area contributed by atoms with Crippen molar-refractivity contribution in [2.75, 3.05) is 20.3 Å². The van der Waals surface area contributed by atoms with Crippen molar-refractivity contribution in [2.45, 2.75) is 19.3 Å². The van der Waals surface area contributed by atoms with Crippen molar-refractivity contribution >= 4 is 40.2 Å². The Kier molecular flexibility index (Phi) is 7.27. The molecule has 0 atom stereocenters. The van der Waals surface area contributed by atoms with Gasteiger partial charge in [0.1, 0.15) is 15.8 Å². The van der Waals surface area contributed by atoms with E-state index in [1.54, 1.807) is 13.2 Å². The minimum absolute atomic E-state index is 0.0197. The number of carboxylic acids is 1. The van der Waals surface area contributed by atoms with E-state index in [9.17, 15) is 9.59 Å². The zero-order chi connectivity index (χ0) is 18.2. The summed E-state index contributed by atoms with van der Waals surface area (Å²) in [5.74, 6) is 0.454. The second-order valence-electron chi connectivity index (χ2n) is 5.20. The van der Waals surface area contributed by atoms with Gasteiger partial charge in [-0.3, -0.25) is 14.5 Å². The first-order valence-electron chi connectivity index (χ1n) is 7.73. The fraction of sp³-hybridized carbons (Fsp3) is 0.353. The van der Waals surface area contributed by atoms with Crippen LogP contribution in [0, 0.1) is 0 Å². The number of hydrogen-bond donors (Lipinski definition) is 1. The van der Waals surface area contributed by atoms with Gasteiger partial charge in [-0.05, 0) is 30.7 Å². The topological polar surface area (TPSA) is 76.1 Å². The highest BCUT2D eigenvalue weighted by Gasteiger charge is 2.31. The highest BCUT2D eigenvalue weighted by molar-refractivity contribution is 8.26. The molecule has 6 nitrogen and oxygen atoms in total. The minimum atomic E-state index is -0.878. The molecule has 1 aromatic carbocycles. The van der Waals surface area contributed by atoms with Crippen LogP contribution in [0.1, 0.15) is 19.3 Å². The third-order valence-electron chi connectivity index (χ3n) is 3.42. The van der Waals surface area contributed by atoms with E-state index < -0.39 is 5.97 Å². The first-order valence-corrected chi connectivity index (χ1v) is 8.96. The van der Waals surface area contributed by atoms with Crippen molar-refractivity contribution in [3.05, 3.63) is 35.2 Å². The third kappa shape index (κ3) is 5.75. The Bertz CT molecular complexity index is 672. The SMILES string of the molecule is COc1ccc(OCC/C=C2\SC(=S)N(CCCC(=O)O)C2=O)cc1. The molecule has 1 aliphatic heterocycles.